The van der Waals surface area contributed by atoms with Crippen LogP contribution in [-0.2, 0) is 14.3 Å². The Morgan fingerprint density at radius 3 is 2.77 bits per heavy atom. The first-order valence-corrected chi connectivity index (χ1v) is 9.03. The molecular weight excluding hydrogens is 334 g/mol. The lowest BCUT2D eigenvalue weighted by molar-refractivity contribution is -0.127. The van der Waals surface area contributed by atoms with Crippen molar-refractivity contribution in [1.82, 2.24) is 10.2 Å². The van der Waals surface area contributed by atoms with Crippen LogP contribution >= 0.6 is 0 Å². The SMILES string of the molecule is CN(C)C1(CNC(=O)[C@H]2CC(=O)N(c3cccc(O)c3)C2)CCOCC1. The summed E-state index contributed by atoms with van der Waals surface area (Å²) in [6, 6.07) is 6.56. The summed E-state index contributed by atoms with van der Waals surface area (Å²) in [6.45, 7) is 2.29. The third kappa shape index (κ3) is 3.83. The zero-order chi connectivity index (χ0) is 18.7. The number of likely N-dealkylation sites (N-methyl/N-ethyl adjacent to an activating group) is 1. The fourth-order valence-corrected chi connectivity index (χ4v) is 3.72. The number of rotatable bonds is 5. The largest absolute Gasteiger partial charge is 0.508 e. The zero-order valence-corrected chi connectivity index (χ0v) is 15.4. The van der Waals surface area contributed by atoms with E-state index < -0.39 is 0 Å². The number of ether oxygens (including phenoxy) is 1. The van der Waals surface area contributed by atoms with Gasteiger partial charge in [0.05, 0.1) is 5.92 Å². The lowest BCUT2D eigenvalue weighted by Gasteiger charge is -2.43. The lowest BCUT2D eigenvalue weighted by Crippen LogP contribution is -2.56. The molecule has 0 radical (unpaired) electrons. The second kappa shape index (κ2) is 7.63. The first-order chi connectivity index (χ1) is 12.4. The van der Waals surface area contributed by atoms with Crippen LogP contribution in [0.2, 0.25) is 0 Å². The van der Waals surface area contributed by atoms with Gasteiger partial charge in [-0.2, -0.15) is 0 Å². The average molecular weight is 361 g/mol. The van der Waals surface area contributed by atoms with E-state index in [1.54, 1.807) is 29.2 Å². The predicted molar refractivity (Wildman–Crippen MR) is 98.0 cm³/mol. The van der Waals surface area contributed by atoms with E-state index in [1.807, 2.05) is 14.1 Å². The Balaban J connectivity index is 1.61. The van der Waals surface area contributed by atoms with Crippen molar-refractivity contribution in [3.63, 3.8) is 0 Å². The molecule has 2 heterocycles. The van der Waals surface area contributed by atoms with Gasteiger partial charge in [0.25, 0.3) is 0 Å². The van der Waals surface area contributed by atoms with Crippen LogP contribution in [0.15, 0.2) is 24.3 Å². The second-order valence-corrected chi connectivity index (χ2v) is 7.37. The van der Waals surface area contributed by atoms with Gasteiger partial charge in [0.1, 0.15) is 5.75 Å². The molecule has 7 heteroatoms. The molecule has 2 aliphatic rings. The summed E-state index contributed by atoms with van der Waals surface area (Å²) >= 11 is 0. The van der Waals surface area contributed by atoms with E-state index in [0.717, 1.165) is 12.8 Å². The summed E-state index contributed by atoms with van der Waals surface area (Å²) in [6.07, 6.45) is 1.94. The summed E-state index contributed by atoms with van der Waals surface area (Å²) < 4.78 is 5.46. The maximum Gasteiger partial charge on any atom is 0.227 e. The quantitative estimate of drug-likeness (QED) is 0.817. The van der Waals surface area contributed by atoms with Gasteiger partial charge in [-0.15, -0.1) is 0 Å². The summed E-state index contributed by atoms with van der Waals surface area (Å²) in [5, 5.41) is 12.7. The van der Waals surface area contributed by atoms with Gasteiger partial charge in [-0.05, 0) is 39.1 Å². The number of hydrogen-bond donors (Lipinski definition) is 2. The Bertz CT molecular complexity index is 671. The molecule has 0 spiro atoms. The van der Waals surface area contributed by atoms with Crippen molar-refractivity contribution in [2.24, 2.45) is 5.92 Å². The summed E-state index contributed by atoms with van der Waals surface area (Å²) in [5.74, 6) is -0.447. The number of hydrogen-bond acceptors (Lipinski definition) is 5. The number of nitrogens with zero attached hydrogens (tertiary/aromatic N) is 2. The first kappa shape index (κ1) is 18.7. The van der Waals surface area contributed by atoms with E-state index in [9.17, 15) is 14.7 Å². The highest BCUT2D eigenvalue weighted by Crippen LogP contribution is 2.28. The molecule has 2 amide bonds. The van der Waals surface area contributed by atoms with Crippen molar-refractivity contribution in [3.05, 3.63) is 24.3 Å². The average Bonchev–Trinajstić information content (AvgIpc) is 3.02. The molecule has 7 nitrogen and oxygen atoms in total. The highest BCUT2D eigenvalue weighted by Gasteiger charge is 2.38. The third-order valence-electron chi connectivity index (χ3n) is 5.60. The number of phenolic OH excluding ortho intramolecular Hbond substituents is 1. The van der Waals surface area contributed by atoms with Gasteiger partial charge in [-0.1, -0.05) is 6.07 Å². The molecule has 2 fully saturated rings. The molecule has 2 aliphatic heterocycles. The number of carbonyl (C=O) groups is 2. The number of nitrogens with one attached hydrogen (secondary N) is 1. The van der Waals surface area contributed by atoms with Crippen molar-refractivity contribution in [3.8, 4) is 5.75 Å². The van der Waals surface area contributed by atoms with Crippen molar-refractivity contribution >= 4 is 17.5 Å². The molecule has 0 bridgehead atoms. The molecule has 1 atom stereocenters. The lowest BCUT2D eigenvalue weighted by atomic mass is 9.88. The van der Waals surface area contributed by atoms with E-state index >= 15 is 0 Å². The minimum Gasteiger partial charge on any atom is -0.508 e. The van der Waals surface area contributed by atoms with Crippen LogP contribution in [0.4, 0.5) is 5.69 Å². The zero-order valence-electron chi connectivity index (χ0n) is 15.4. The van der Waals surface area contributed by atoms with Gasteiger partial charge in [0.15, 0.2) is 0 Å². The summed E-state index contributed by atoms with van der Waals surface area (Å²) in [4.78, 5) is 28.7. The summed E-state index contributed by atoms with van der Waals surface area (Å²) in [7, 11) is 4.06. The van der Waals surface area contributed by atoms with Crippen LogP contribution in [0, 0.1) is 5.92 Å². The van der Waals surface area contributed by atoms with E-state index in [4.69, 9.17) is 4.74 Å². The monoisotopic (exact) mass is 361 g/mol. The van der Waals surface area contributed by atoms with Gasteiger partial charge in [0, 0.05) is 50.0 Å². The predicted octanol–water partition coefficient (Wildman–Crippen LogP) is 0.972. The van der Waals surface area contributed by atoms with Crippen LogP contribution in [-0.4, -0.2) is 67.8 Å². The van der Waals surface area contributed by atoms with Crippen LogP contribution in [0.5, 0.6) is 5.75 Å². The van der Waals surface area contributed by atoms with Gasteiger partial charge in [-0.3, -0.25) is 9.59 Å². The molecule has 2 saturated heterocycles. The molecule has 26 heavy (non-hydrogen) atoms. The number of aromatic hydroxyl groups is 1. The highest BCUT2D eigenvalue weighted by molar-refractivity contribution is 6.00. The Labute approximate surface area is 153 Å². The van der Waals surface area contributed by atoms with Gasteiger partial charge in [0.2, 0.25) is 11.8 Å². The number of amides is 2. The van der Waals surface area contributed by atoms with Crippen LogP contribution in [0.1, 0.15) is 19.3 Å². The van der Waals surface area contributed by atoms with Crippen molar-refractivity contribution < 1.29 is 19.4 Å². The standard InChI is InChI=1S/C19H27N3O4/c1-21(2)19(6-8-26-9-7-19)13-20-18(25)14-10-17(24)22(12-14)15-4-3-5-16(23)11-15/h3-5,11,14,23H,6-10,12-13H2,1-2H3,(H,20,25)/t14-/m0/s1. The fourth-order valence-electron chi connectivity index (χ4n) is 3.72. The number of phenols is 1. The van der Waals surface area contributed by atoms with Gasteiger partial charge >= 0.3 is 0 Å². The molecule has 3 rings (SSSR count). The Kier molecular flexibility index (Phi) is 5.48. The van der Waals surface area contributed by atoms with Crippen molar-refractivity contribution in [2.45, 2.75) is 24.8 Å². The van der Waals surface area contributed by atoms with Crippen LogP contribution in [0.3, 0.4) is 0 Å². The van der Waals surface area contributed by atoms with E-state index in [1.165, 1.54) is 0 Å². The maximum absolute atomic E-state index is 12.7. The minimum absolute atomic E-state index is 0.0891. The molecule has 2 N–H and O–H groups in total. The van der Waals surface area contributed by atoms with Gasteiger partial charge < -0.3 is 25.0 Å². The molecule has 1 aromatic rings. The number of benzene rings is 1. The number of carbonyl (C=O) groups excluding carboxylic acids is 2. The molecule has 0 unspecified atom stereocenters. The smallest absolute Gasteiger partial charge is 0.227 e. The Hall–Kier alpha value is -2.12. The van der Waals surface area contributed by atoms with E-state index in [0.29, 0.717) is 32.0 Å². The molecule has 142 valence electrons. The summed E-state index contributed by atoms with van der Waals surface area (Å²) in [5.41, 5.74) is 0.529. The van der Waals surface area contributed by atoms with Crippen LogP contribution < -0.4 is 10.2 Å². The molecular formula is C19H27N3O4. The minimum atomic E-state index is -0.371. The molecule has 0 aliphatic carbocycles. The van der Waals surface area contributed by atoms with Crippen molar-refractivity contribution in [1.29, 1.82) is 0 Å². The molecule has 0 saturated carbocycles. The Morgan fingerprint density at radius 1 is 1.38 bits per heavy atom. The molecule has 0 aromatic heterocycles. The number of anilines is 1. The fraction of sp³-hybridized carbons (Fsp3) is 0.579. The first-order valence-electron chi connectivity index (χ1n) is 9.03. The maximum atomic E-state index is 12.7. The van der Waals surface area contributed by atoms with E-state index in [2.05, 4.69) is 10.2 Å². The molecule has 1 aromatic carbocycles. The second-order valence-electron chi connectivity index (χ2n) is 7.37. The van der Waals surface area contributed by atoms with Gasteiger partial charge in [-0.25, -0.2) is 0 Å². The highest BCUT2D eigenvalue weighted by atomic mass is 16.5. The third-order valence-corrected chi connectivity index (χ3v) is 5.60. The topological polar surface area (TPSA) is 82.1 Å². The van der Waals surface area contributed by atoms with Crippen LogP contribution in [0.25, 0.3) is 0 Å². The van der Waals surface area contributed by atoms with E-state index in [-0.39, 0.29) is 35.4 Å². The normalized spacial score (nSPS) is 22.7. The van der Waals surface area contributed by atoms with Crippen molar-refractivity contribution in [2.75, 3.05) is 45.3 Å². The Morgan fingerprint density at radius 2 is 2.12 bits per heavy atom.